The molecule has 164 valence electrons. The minimum absolute atomic E-state index is 0.0273. The third kappa shape index (κ3) is 6.62. The standard InChI is InChI=1S/C23H26N2O5S/c1-14(2)28-19-9-16(10-20(12-19)29-15(3)4)22(26)25-23-24-13-21(31-23)30-18-8-6-7-17(11-18)27-5/h6-15H,1-5H3,(H,24,25,26). The summed E-state index contributed by atoms with van der Waals surface area (Å²) < 4.78 is 22.5. The number of benzene rings is 2. The summed E-state index contributed by atoms with van der Waals surface area (Å²) in [5.74, 6) is 2.14. The zero-order valence-corrected chi connectivity index (χ0v) is 19.0. The van der Waals surface area contributed by atoms with Crippen molar-refractivity contribution in [3.8, 4) is 28.1 Å². The number of nitrogens with one attached hydrogen (secondary N) is 1. The fourth-order valence-corrected chi connectivity index (χ4v) is 3.38. The average molecular weight is 443 g/mol. The summed E-state index contributed by atoms with van der Waals surface area (Å²) in [6, 6.07) is 12.4. The minimum Gasteiger partial charge on any atom is -0.497 e. The Kier molecular flexibility index (Phi) is 7.36. The molecule has 0 saturated carbocycles. The van der Waals surface area contributed by atoms with Crippen molar-refractivity contribution in [3.05, 3.63) is 54.2 Å². The molecule has 3 rings (SSSR count). The lowest BCUT2D eigenvalue weighted by molar-refractivity contribution is 0.102. The third-order valence-corrected chi connectivity index (χ3v) is 4.64. The molecule has 1 N–H and O–H groups in total. The number of aromatic nitrogens is 1. The number of ether oxygens (including phenoxy) is 4. The van der Waals surface area contributed by atoms with E-state index in [2.05, 4.69) is 10.3 Å². The number of anilines is 1. The molecule has 1 amide bonds. The van der Waals surface area contributed by atoms with Crippen LogP contribution in [-0.4, -0.2) is 30.2 Å². The monoisotopic (exact) mass is 442 g/mol. The van der Waals surface area contributed by atoms with E-state index in [1.807, 2.05) is 45.9 Å². The zero-order chi connectivity index (χ0) is 22.4. The van der Waals surface area contributed by atoms with Crippen LogP contribution >= 0.6 is 11.3 Å². The van der Waals surface area contributed by atoms with Gasteiger partial charge in [-0.25, -0.2) is 4.98 Å². The van der Waals surface area contributed by atoms with Crippen molar-refractivity contribution in [1.29, 1.82) is 0 Å². The molecule has 0 bridgehead atoms. The van der Waals surface area contributed by atoms with Gasteiger partial charge in [0.1, 0.15) is 23.0 Å². The Balaban J connectivity index is 1.73. The summed E-state index contributed by atoms with van der Waals surface area (Å²) in [6.07, 6.45) is 1.51. The molecule has 0 aliphatic heterocycles. The lowest BCUT2D eigenvalue weighted by Gasteiger charge is -2.15. The highest BCUT2D eigenvalue weighted by Gasteiger charge is 2.14. The molecule has 7 nitrogen and oxygen atoms in total. The first-order valence-corrected chi connectivity index (χ1v) is 10.7. The van der Waals surface area contributed by atoms with E-state index in [-0.39, 0.29) is 18.1 Å². The summed E-state index contributed by atoms with van der Waals surface area (Å²) >= 11 is 1.23. The molecule has 8 heteroatoms. The van der Waals surface area contributed by atoms with Gasteiger partial charge in [0.15, 0.2) is 5.13 Å². The molecule has 0 aliphatic rings. The van der Waals surface area contributed by atoms with Crippen LogP contribution in [0.15, 0.2) is 48.7 Å². The normalized spacial score (nSPS) is 10.8. The number of hydrogen-bond donors (Lipinski definition) is 1. The number of thiazole rings is 1. The van der Waals surface area contributed by atoms with Gasteiger partial charge >= 0.3 is 0 Å². The van der Waals surface area contributed by atoms with Crippen LogP contribution in [0.2, 0.25) is 0 Å². The predicted octanol–water partition coefficient (Wildman–Crippen LogP) is 5.77. The summed E-state index contributed by atoms with van der Waals surface area (Å²) in [6.45, 7) is 7.70. The molecule has 1 heterocycles. The SMILES string of the molecule is COc1cccc(Oc2cnc(NC(=O)c3cc(OC(C)C)cc(OC(C)C)c3)s2)c1. The Morgan fingerprint density at radius 1 is 0.935 bits per heavy atom. The fourth-order valence-electron chi connectivity index (χ4n) is 2.70. The molecule has 0 radical (unpaired) electrons. The number of methoxy groups -OCH3 is 1. The average Bonchev–Trinajstić information content (AvgIpc) is 3.13. The van der Waals surface area contributed by atoms with E-state index in [1.165, 1.54) is 11.3 Å². The molecule has 1 aromatic heterocycles. The van der Waals surface area contributed by atoms with E-state index >= 15 is 0 Å². The zero-order valence-electron chi connectivity index (χ0n) is 18.2. The van der Waals surface area contributed by atoms with Gasteiger partial charge in [-0.3, -0.25) is 10.1 Å². The van der Waals surface area contributed by atoms with Crippen LogP contribution in [0.1, 0.15) is 38.1 Å². The molecule has 0 unspecified atom stereocenters. The highest BCUT2D eigenvalue weighted by atomic mass is 32.1. The number of carbonyl (C=O) groups is 1. The van der Waals surface area contributed by atoms with E-state index in [1.54, 1.807) is 37.6 Å². The highest BCUT2D eigenvalue weighted by Crippen LogP contribution is 2.32. The van der Waals surface area contributed by atoms with Crippen molar-refractivity contribution in [1.82, 2.24) is 4.98 Å². The molecule has 0 saturated heterocycles. The number of rotatable bonds is 9. The second-order valence-corrected chi connectivity index (χ2v) is 8.24. The van der Waals surface area contributed by atoms with Crippen molar-refractivity contribution < 1.29 is 23.7 Å². The smallest absolute Gasteiger partial charge is 0.257 e. The quantitative estimate of drug-likeness (QED) is 0.453. The van der Waals surface area contributed by atoms with Crippen LogP contribution in [0.25, 0.3) is 0 Å². The first kappa shape index (κ1) is 22.4. The number of amides is 1. The van der Waals surface area contributed by atoms with Crippen molar-refractivity contribution in [2.75, 3.05) is 12.4 Å². The van der Waals surface area contributed by atoms with Crippen molar-refractivity contribution >= 4 is 22.4 Å². The van der Waals surface area contributed by atoms with E-state index in [0.29, 0.717) is 38.8 Å². The molecular formula is C23H26N2O5S. The lowest BCUT2D eigenvalue weighted by atomic mass is 10.2. The fraction of sp³-hybridized carbons (Fsp3) is 0.304. The van der Waals surface area contributed by atoms with E-state index < -0.39 is 0 Å². The van der Waals surface area contributed by atoms with Crippen LogP contribution in [0, 0.1) is 0 Å². The summed E-state index contributed by atoms with van der Waals surface area (Å²) in [5, 5.41) is 3.77. The van der Waals surface area contributed by atoms with Gasteiger partial charge in [-0.1, -0.05) is 17.4 Å². The van der Waals surface area contributed by atoms with Crippen LogP contribution in [0.3, 0.4) is 0 Å². The molecule has 31 heavy (non-hydrogen) atoms. The topological polar surface area (TPSA) is 78.9 Å². The predicted molar refractivity (Wildman–Crippen MR) is 121 cm³/mol. The first-order chi connectivity index (χ1) is 14.8. The molecule has 0 atom stereocenters. The molecule has 0 fully saturated rings. The van der Waals surface area contributed by atoms with Crippen LogP contribution < -0.4 is 24.3 Å². The Hall–Kier alpha value is -3.26. The van der Waals surface area contributed by atoms with Gasteiger partial charge < -0.3 is 18.9 Å². The van der Waals surface area contributed by atoms with Gasteiger partial charge in [0.05, 0.1) is 25.5 Å². The largest absolute Gasteiger partial charge is 0.497 e. The van der Waals surface area contributed by atoms with Crippen molar-refractivity contribution in [2.45, 2.75) is 39.9 Å². The molecule has 3 aromatic rings. The molecule has 0 spiro atoms. The third-order valence-electron chi connectivity index (χ3n) is 3.85. The van der Waals surface area contributed by atoms with Gasteiger partial charge in [0.25, 0.3) is 5.91 Å². The summed E-state index contributed by atoms with van der Waals surface area (Å²) in [7, 11) is 1.60. The molecule has 0 aliphatic carbocycles. The second kappa shape index (κ2) is 10.2. The lowest BCUT2D eigenvalue weighted by Crippen LogP contribution is -2.14. The second-order valence-electron chi connectivity index (χ2n) is 7.25. The van der Waals surface area contributed by atoms with Gasteiger partial charge in [-0.2, -0.15) is 0 Å². The maximum Gasteiger partial charge on any atom is 0.257 e. The van der Waals surface area contributed by atoms with Crippen LogP contribution in [0.5, 0.6) is 28.1 Å². The summed E-state index contributed by atoms with van der Waals surface area (Å²) in [4.78, 5) is 17.1. The van der Waals surface area contributed by atoms with Crippen LogP contribution in [-0.2, 0) is 0 Å². The number of hydrogen-bond acceptors (Lipinski definition) is 7. The van der Waals surface area contributed by atoms with Crippen molar-refractivity contribution in [3.63, 3.8) is 0 Å². The number of nitrogens with zero attached hydrogens (tertiary/aromatic N) is 1. The highest BCUT2D eigenvalue weighted by molar-refractivity contribution is 7.17. The van der Waals surface area contributed by atoms with Gasteiger partial charge in [-0.15, -0.1) is 0 Å². The van der Waals surface area contributed by atoms with Crippen molar-refractivity contribution in [2.24, 2.45) is 0 Å². The first-order valence-electron chi connectivity index (χ1n) is 9.90. The van der Waals surface area contributed by atoms with E-state index in [4.69, 9.17) is 18.9 Å². The Bertz CT molecular complexity index is 1000. The van der Waals surface area contributed by atoms with Crippen LogP contribution in [0.4, 0.5) is 5.13 Å². The minimum atomic E-state index is -0.315. The van der Waals surface area contributed by atoms with E-state index in [9.17, 15) is 4.79 Å². The van der Waals surface area contributed by atoms with Gasteiger partial charge in [-0.05, 0) is 52.0 Å². The van der Waals surface area contributed by atoms with Gasteiger partial charge in [0.2, 0.25) is 5.06 Å². The Labute approximate surface area is 185 Å². The molecule has 2 aromatic carbocycles. The maximum atomic E-state index is 12.8. The maximum absolute atomic E-state index is 12.8. The van der Waals surface area contributed by atoms with E-state index in [0.717, 1.165) is 0 Å². The summed E-state index contributed by atoms with van der Waals surface area (Å²) in [5.41, 5.74) is 0.416. The van der Waals surface area contributed by atoms with Gasteiger partial charge in [0, 0.05) is 17.7 Å². The molecular weight excluding hydrogens is 416 g/mol. The Morgan fingerprint density at radius 3 is 2.16 bits per heavy atom. The Morgan fingerprint density at radius 2 is 1.55 bits per heavy atom. The number of carbonyl (C=O) groups excluding carboxylic acids is 1.